The maximum absolute atomic E-state index is 12.0. The second-order valence-electron chi connectivity index (χ2n) is 5.64. The molecule has 2 rings (SSSR count). The monoisotopic (exact) mass is 269 g/mol. The fraction of sp³-hybridized carbons (Fsp3) is 0.857. The summed E-state index contributed by atoms with van der Waals surface area (Å²) in [5.74, 6) is -0.877. The predicted octanol–water partition coefficient (Wildman–Crippen LogP) is 1.56. The zero-order chi connectivity index (χ0) is 13.8. The molecule has 2 saturated carbocycles. The normalized spacial score (nSPS) is 34.4. The number of carboxylic acids is 1. The van der Waals surface area contributed by atoms with E-state index in [1.54, 1.807) is 0 Å². The first-order chi connectivity index (χ1) is 9.10. The highest BCUT2D eigenvalue weighted by molar-refractivity contribution is 5.79. The lowest BCUT2D eigenvalue weighted by Crippen LogP contribution is -2.49. The molecule has 2 fully saturated rings. The summed E-state index contributed by atoms with van der Waals surface area (Å²) in [6, 6.07) is 0.251. The van der Waals surface area contributed by atoms with Crippen LogP contribution in [0.2, 0.25) is 0 Å². The van der Waals surface area contributed by atoms with Gasteiger partial charge < -0.3 is 15.2 Å². The first-order valence-corrected chi connectivity index (χ1v) is 7.25. The van der Waals surface area contributed by atoms with E-state index in [9.17, 15) is 9.59 Å². The summed E-state index contributed by atoms with van der Waals surface area (Å²) in [5, 5.41) is 12.0. The van der Waals surface area contributed by atoms with Gasteiger partial charge in [0.1, 0.15) is 0 Å². The van der Waals surface area contributed by atoms with Crippen LogP contribution in [0.5, 0.6) is 0 Å². The Morgan fingerprint density at radius 1 is 1.16 bits per heavy atom. The maximum atomic E-state index is 12.0. The number of carbonyl (C=O) groups is 2. The van der Waals surface area contributed by atoms with Gasteiger partial charge in [-0.3, -0.25) is 9.59 Å². The van der Waals surface area contributed by atoms with E-state index in [1.165, 1.54) is 0 Å². The summed E-state index contributed by atoms with van der Waals surface area (Å²) in [4.78, 5) is 22.9. The minimum atomic E-state index is -0.725. The number of carbonyl (C=O) groups excluding carboxylic acids is 1. The van der Waals surface area contributed by atoms with Crippen molar-refractivity contribution in [3.05, 3.63) is 0 Å². The van der Waals surface area contributed by atoms with Crippen LogP contribution in [0.15, 0.2) is 0 Å². The standard InChI is InChI=1S/C14H23NO4/c1-2-19-12-7-11(8-12)15-13(16)9-3-5-10(6-4-9)14(17)18/h9-12H,2-8H2,1H3,(H,15,16)(H,17,18). The molecule has 0 bridgehead atoms. The summed E-state index contributed by atoms with van der Waals surface area (Å²) in [5.41, 5.74) is 0. The predicted molar refractivity (Wildman–Crippen MR) is 69.7 cm³/mol. The van der Waals surface area contributed by atoms with Crippen molar-refractivity contribution >= 4 is 11.9 Å². The first kappa shape index (κ1) is 14.3. The number of aliphatic carboxylic acids is 1. The molecule has 0 aromatic heterocycles. The quantitative estimate of drug-likeness (QED) is 0.794. The average Bonchev–Trinajstić information content (AvgIpc) is 2.36. The Morgan fingerprint density at radius 3 is 2.26 bits per heavy atom. The van der Waals surface area contributed by atoms with Gasteiger partial charge in [-0.05, 0) is 45.4 Å². The molecule has 2 aliphatic carbocycles. The van der Waals surface area contributed by atoms with Gasteiger partial charge in [0, 0.05) is 18.6 Å². The number of carboxylic acid groups (broad SMARTS) is 1. The van der Waals surface area contributed by atoms with Gasteiger partial charge in [-0.1, -0.05) is 0 Å². The molecule has 0 atom stereocenters. The SMILES string of the molecule is CCOC1CC(NC(=O)C2CCC(C(=O)O)CC2)C1. The largest absolute Gasteiger partial charge is 0.481 e. The molecule has 108 valence electrons. The van der Waals surface area contributed by atoms with Gasteiger partial charge in [0.05, 0.1) is 12.0 Å². The van der Waals surface area contributed by atoms with Crippen molar-refractivity contribution in [2.24, 2.45) is 11.8 Å². The Kier molecular flexibility index (Phi) is 4.80. The van der Waals surface area contributed by atoms with Crippen molar-refractivity contribution in [3.63, 3.8) is 0 Å². The van der Waals surface area contributed by atoms with Crippen molar-refractivity contribution in [1.29, 1.82) is 0 Å². The minimum absolute atomic E-state index is 0.00161. The second kappa shape index (κ2) is 6.37. The van der Waals surface area contributed by atoms with Crippen molar-refractivity contribution in [1.82, 2.24) is 5.32 Å². The molecule has 1 amide bonds. The molecule has 0 aliphatic heterocycles. The third-order valence-electron chi connectivity index (χ3n) is 4.29. The molecule has 0 radical (unpaired) electrons. The van der Waals surface area contributed by atoms with Crippen molar-refractivity contribution < 1.29 is 19.4 Å². The minimum Gasteiger partial charge on any atom is -0.481 e. The highest BCUT2D eigenvalue weighted by Gasteiger charge is 2.34. The van der Waals surface area contributed by atoms with Crippen LogP contribution in [0.25, 0.3) is 0 Å². The van der Waals surface area contributed by atoms with Crippen LogP contribution < -0.4 is 5.32 Å². The zero-order valence-electron chi connectivity index (χ0n) is 11.4. The molecule has 5 nitrogen and oxygen atoms in total. The van der Waals surface area contributed by atoms with Gasteiger partial charge in [-0.25, -0.2) is 0 Å². The van der Waals surface area contributed by atoms with Gasteiger partial charge in [-0.2, -0.15) is 0 Å². The van der Waals surface area contributed by atoms with E-state index >= 15 is 0 Å². The Hall–Kier alpha value is -1.10. The van der Waals surface area contributed by atoms with E-state index in [1.807, 2.05) is 6.92 Å². The Bertz CT molecular complexity index is 330. The number of hydrogen-bond acceptors (Lipinski definition) is 3. The lowest BCUT2D eigenvalue weighted by atomic mass is 9.81. The molecular weight excluding hydrogens is 246 g/mol. The molecular formula is C14H23NO4. The maximum Gasteiger partial charge on any atom is 0.306 e. The second-order valence-corrected chi connectivity index (χ2v) is 5.64. The van der Waals surface area contributed by atoms with Gasteiger partial charge in [-0.15, -0.1) is 0 Å². The molecule has 2 N–H and O–H groups in total. The van der Waals surface area contributed by atoms with E-state index in [4.69, 9.17) is 9.84 Å². The molecule has 19 heavy (non-hydrogen) atoms. The van der Waals surface area contributed by atoms with Gasteiger partial charge >= 0.3 is 5.97 Å². The summed E-state index contributed by atoms with van der Waals surface area (Å²) >= 11 is 0. The first-order valence-electron chi connectivity index (χ1n) is 7.25. The summed E-state index contributed by atoms with van der Waals surface area (Å²) in [6.07, 6.45) is 4.76. The smallest absolute Gasteiger partial charge is 0.306 e. The Balaban J connectivity index is 1.67. The van der Waals surface area contributed by atoms with Gasteiger partial charge in [0.25, 0.3) is 0 Å². The lowest BCUT2D eigenvalue weighted by molar-refractivity contribution is -0.144. The van der Waals surface area contributed by atoms with E-state index in [0.29, 0.717) is 31.8 Å². The molecule has 0 saturated heterocycles. The summed E-state index contributed by atoms with van der Waals surface area (Å²) in [7, 11) is 0. The van der Waals surface area contributed by atoms with Crippen LogP contribution in [0.1, 0.15) is 45.4 Å². The van der Waals surface area contributed by atoms with Crippen molar-refractivity contribution in [3.8, 4) is 0 Å². The van der Waals surface area contributed by atoms with Crippen LogP contribution in [-0.4, -0.2) is 35.7 Å². The Labute approximate surface area is 113 Å². The van der Waals surface area contributed by atoms with E-state index in [0.717, 1.165) is 19.4 Å². The van der Waals surface area contributed by atoms with Gasteiger partial charge in [0.15, 0.2) is 0 Å². The van der Waals surface area contributed by atoms with Crippen LogP contribution in [0, 0.1) is 11.8 Å². The number of ether oxygens (including phenoxy) is 1. The average molecular weight is 269 g/mol. The third kappa shape index (κ3) is 3.69. The van der Waals surface area contributed by atoms with Crippen molar-refractivity contribution in [2.75, 3.05) is 6.61 Å². The van der Waals surface area contributed by atoms with Crippen LogP contribution in [-0.2, 0) is 14.3 Å². The van der Waals surface area contributed by atoms with Crippen LogP contribution >= 0.6 is 0 Å². The number of rotatable bonds is 5. The molecule has 0 aromatic carbocycles. The topological polar surface area (TPSA) is 75.6 Å². The molecule has 0 unspecified atom stereocenters. The van der Waals surface area contributed by atoms with E-state index in [-0.39, 0.29) is 23.8 Å². The van der Waals surface area contributed by atoms with E-state index < -0.39 is 5.97 Å². The zero-order valence-corrected chi connectivity index (χ0v) is 11.4. The molecule has 0 heterocycles. The van der Waals surface area contributed by atoms with Crippen LogP contribution in [0.3, 0.4) is 0 Å². The summed E-state index contributed by atoms with van der Waals surface area (Å²) < 4.78 is 5.46. The highest BCUT2D eigenvalue weighted by atomic mass is 16.5. The Morgan fingerprint density at radius 2 is 1.74 bits per heavy atom. The number of amides is 1. The molecule has 0 spiro atoms. The molecule has 5 heteroatoms. The fourth-order valence-corrected chi connectivity index (χ4v) is 2.98. The number of hydrogen-bond donors (Lipinski definition) is 2. The van der Waals surface area contributed by atoms with E-state index in [2.05, 4.69) is 5.32 Å². The van der Waals surface area contributed by atoms with Gasteiger partial charge in [0.2, 0.25) is 5.91 Å². The van der Waals surface area contributed by atoms with Crippen molar-refractivity contribution in [2.45, 2.75) is 57.6 Å². The third-order valence-corrected chi connectivity index (χ3v) is 4.29. The number of nitrogens with one attached hydrogen (secondary N) is 1. The molecule has 0 aromatic rings. The molecule has 2 aliphatic rings. The summed E-state index contributed by atoms with van der Waals surface area (Å²) in [6.45, 7) is 2.71. The fourth-order valence-electron chi connectivity index (χ4n) is 2.98. The lowest BCUT2D eigenvalue weighted by Gasteiger charge is -2.36. The van der Waals surface area contributed by atoms with Crippen LogP contribution in [0.4, 0.5) is 0 Å². The highest BCUT2D eigenvalue weighted by Crippen LogP contribution is 2.30.